The monoisotopic (exact) mass is 490 g/mol. The molecule has 1 fully saturated rings. The first-order chi connectivity index (χ1) is 16.7. The fraction of sp³-hybridized carbons (Fsp3) is 0.467. The molecule has 1 aliphatic rings. The van der Waals surface area contributed by atoms with E-state index < -0.39 is 22.7 Å². The van der Waals surface area contributed by atoms with Gasteiger partial charge in [0, 0.05) is 39.0 Å². The van der Waals surface area contributed by atoms with Crippen LogP contribution in [-0.2, 0) is 15.1 Å². The van der Waals surface area contributed by atoms with Crippen LogP contribution in [0.5, 0.6) is 0 Å². The van der Waals surface area contributed by atoms with Gasteiger partial charge in [0.05, 0.1) is 11.6 Å². The van der Waals surface area contributed by atoms with Gasteiger partial charge in [-0.2, -0.15) is 0 Å². The number of nitrogens with zero attached hydrogens (tertiary/aromatic N) is 2. The topological polar surface area (TPSA) is 70.1 Å². The highest BCUT2D eigenvalue weighted by atomic mass is 16.6. The van der Waals surface area contributed by atoms with Crippen molar-refractivity contribution in [1.82, 2.24) is 9.80 Å². The molecule has 2 aromatic carbocycles. The largest absolute Gasteiger partial charge is 0.438 e. The van der Waals surface area contributed by atoms with Crippen LogP contribution in [0.25, 0.3) is 0 Å². The molecule has 6 nitrogen and oxygen atoms in total. The van der Waals surface area contributed by atoms with Gasteiger partial charge in [-0.3, -0.25) is 4.79 Å². The van der Waals surface area contributed by atoms with E-state index in [1.165, 1.54) is 0 Å². The van der Waals surface area contributed by atoms with Crippen LogP contribution in [0.2, 0.25) is 0 Å². The van der Waals surface area contributed by atoms with Crippen molar-refractivity contribution in [2.75, 3.05) is 20.6 Å². The van der Waals surface area contributed by atoms with E-state index in [1.807, 2.05) is 75.4 Å². The molecule has 6 heteroatoms. The Morgan fingerprint density at radius 1 is 1.11 bits per heavy atom. The van der Waals surface area contributed by atoms with Crippen molar-refractivity contribution < 1.29 is 19.4 Å². The number of ether oxygens (including phenoxy) is 1. The van der Waals surface area contributed by atoms with Gasteiger partial charge in [0.1, 0.15) is 11.0 Å². The number of hydrogen-bond acceptors (Lipinski definition) is 4. The van der Waals surface area contributed by atoms with Gasteiger partial charge in [-0.25, -0.2) is 4.79 Å². The minimum absolute atomic E-state index is 0.0417. The predicted molar refractivity (Wildman–Crippen MR) is 141 cm³/mol. The molecule has 2 atom stereocenters. The summed E-state index contributed by atoms with van der Waals surface area (Å²) in [5.74, 6) is 6.13. The lowest BCUT2D eigenvalue weighted by atomic mass is 9.80. The number of hydrogen-bond donors (Lipinski definition) is 1. The van der Waals surface area contributed by atoms with E-state index in [9.17, 15) is 14.7 Å². The van der Waals surface area contributed by atoms with Gasteiger partial charge in [0.25, 0.3) is 0 Å². The number of carbonyl (C=O) groups is 2. The standard InChI is InChI=1S/C30H38N2O4/c1-22(24-15-13-23(14-16-24)17-18-28(2,3)26(33)31(6)7)32-20-19-30(36-27(32)34,21-29(4,5)35)25-11-9-8-10-12-25/h8-16,22,35H,19-21H2,1-7H3. The van der Waals surface area contributed by atoms with E-state index in [0.717, 1.165) is 16.7 Å². The molecule has 1 saturated heterocycles. The van der Waals surface area contributed by atoms with Crippen LogP contribution < -0.4 is 0 Å². The zero-order chi connectivity index (χ0) is 26.7. The summed E-state index contributed by atoms with van der Waals surface area (Å²) >= 11 is 0. The zero-order valence-electron chi connectivity index (χ0n) is 22.5. The number of aliphatic hydroxyl groups is 1. The van der Waals surface area contributed by atoms with Crippen LogP contribution in [0.4, 0.5) is 4.79 Å². The Kier molecular flexibility index (Phi) is 7.85. The first-order valence-electron chi connectivity index (χ1n) is 12.4. The smallest absolute Gasteiger partial charge is 0.411 e. The second-order valence-electron chi connectivity index (χ2n) is 11.0. The summed E-state index contributed by atoms with van der Waals surface area (Å²) in [5, 5.41) is 10.6. The van der Waals surface area contributed by atoms with Gasteiger partial charge in [-0.15, -0.1) is 0 Å². The third-order valence-electron chi connectivity index (χ3n) is 6.61. The molecule has 2 unspecified atom stereocenters. The highest BCUT2D eigenvalue weighted by Crippen LogP contribution is 2.42. The summed E-state index contributed by atoms with van der Waals surface area (Å²) in [7, 11) is 3.45. The summed E-state index contributed by atoms with van der Waals surface area (Å²) in [6, 6.07) is 17.2. The van der Waals surface area contributed by atoms with Crippen molar-refractivity contribution in [1.29, 1.82) is 0 Å². The molecule has 2 amide bonds. The highest BCUT2D eigenvalue weighted by Gasteiger charge is 2.46. The molecule has 0 aliphatic carbocycles. The summed E-state index contributed by atoms with van der Waals surface area (Å²) in [5.41, 5.74) is 0.0269. The second kappa shape index (κ2) is 10.4. The maximum Gasteiger partial charge on any atom is 0.411 e. The minimum Gasteiger partial charge on any atom is -0.438 e. The quantitative estimate of drug-likeness (QED) is 0.571. The van der Waals surface area contributed by atoms with Gasteiger partial charge in [-0.1, -0.05) is 54.3 Å². The van der Waals surface area contributed by atoms with Crippen molar-refractivity contribution in [3.05, 3.63) is 71.3 Å². The molecule has 1 heterocycles. The molecule has 2 aromatic rings. The summed E-state index contributed by atoms with van der Waals surface area (Å²) in [4.78, 5) is 28.8. The van der Waals surface area contributed by atoms with Crippen LogP contribution in [0.15, 0.2) is 54.6 Å². The number of cyclic esters (lactones) is 1. The van der Waals surface area contributed by atoms with Crippen LogP contribution in [-0.4, -0.2) is 53.1 Å². The Balaban J connectivity index is 1.76. The molecule has 0 radical (unpaired) electrons. The molecule has 1 N–H and O–H groups in total. The van der Waals surface area contributed by atoms with Gasteiger partial charge in [-0.05, 0) is 57.9 Å². The van der Waals surface area contributed by atoms with E-state index in [-0.39, 0.29) is 11.9 Å². The molecule has 192 valence electrons. The van der Waals surface area contributed by atoms with Gasteiger partial charge >= 0.3 is 6.09 Å². The molecule has 3 rings (SSSR count). The van der Waals surface area contributed by atoms with E-state index in [0.29, 0.717) is 19.4 Å². The third-order valence-corrected chi connectivity index (χ3v) is 6.61. The van der Waals surface area contributed by atoms with E-state index in [4.69, 9.17) is 4.74 Å². The third kappa shape index (κ3) is 6.27. The van der Waals surface area contributed by atoms with E-state index in [1.54, 1.807) is 37.7 Å². The lowest BCUT2D eigenvalue weighted by molar-refractivity contribution is -0.134. The molecular weight excluding hydrogens is 452 g/mol. The van der Waals surface area contributed by atoms with E-state index in [2.05, 4.69) is 11.8 Å². The number of carbonyl (C=O) groups excluding carboxylic acids is 2. The Morgan fingerprint density at radius 3 is 2.25 bits per heavy atom. The van der Waals surface area contributed by atoms with Gasteiger partial charge in [0.15, 0.2) is 0 Å². The fourth-order valence-corrected chi connectivity index (χ4v) is 4.76. The van der Waals surface area contributed by atoms with Crippen molar-refractivity contribution in [2.45, 2.75) is 64.7 Å². The maximum absolute atomic E-state index is 13.2. The maximum atomic E-state index is 13.2. The summed E-state index contributed by atoms with van der Waals surface area (Å²) in [6.07, 6.45) is 0.503. The first-order valence-corrected chi connectivity index (χ1v) is 12.4. The average molecular weight is 491 g/mol. The normalized spacial score (nSPS) is 19.1. The van der Waals surface area contributed by atoms with Crippen molar-refractivity contribution in [3.8, 4) is 11.8 Å². The molecule has 0 spiro atoms. The summed E-state index contributed by atoms with van der Waals surface area (Å²) in [6.45, 7) is 9.59. The number of rotatable bonds is 6. The van der Waals surface area contributed by atoms with E-state index >= 15 is 0 Å². The Bertz CT molecular complexity index is 1140. The highest BCUT2D eigenvalue weighted by molar-refractivity contribution is 5.84. The Labute approximate surface area is 215 Å². The first kappa shape index (κ1) is 27.3. The Hall–Kier alpha value is -3.30. The molecule has 36 heavy (non-hydrogen) atoms. The zero-order valence-corrected chi connectivity index (χ0v) is 22.5. The van der Waals surface area contributed by atoms with Crippen LogP contribution >= 0.6 is 0 Å². The molecule has 0 bridgehead atoms. The van der Waals surface area contributed by atoms with Crippen LogP contribution in [0.3, 0.4) is 0 Å². The molecule has 0 aromatic heterocycles. The van der Waals surface area contributed by atoms with Crippen molar-refractivity contribution in [2.24, 2.45) is 5.41 Å². The SMILES string of the molecule is CC(c1ccc(C#CC(C)(C)C(=O)N(C)C)cc1)N1CCC(CC(C)(C)O)(c2ccccc2)OC1=O. The predicted octanol–water partition coefficient (Wildman–Crippen LogP) is 5.11. The molecule has 0 saturated carbocycles. The lowest BCUT2D eigenvalue weighted by Crippen LogP contribution is -2.51. The van der Waals surface area contributed by atoms with Gasteiger partial charge in [0.2, 0.25) is 5.91 Å². The fourth-order valence-electron chi connectivity index (χ4n) is 4.76. The average Bonchev–Trinajstić information content (AvgIpc) is 2.82. The lowest BCUT2D eigenvalue weighted by Gasteiger charge is -2.45. The number of amides is 2. The van der Waals surface area contributed by atoms with Crippen molar-refractivity contribution in [3.63, 3.8) is 0 Å². The second-order valence-corrected chi connectivity index (χ2v) is 11.0. The molecule has 1 aliphatic heterocycles. The van der Waals surface area contributed by atoms with Crippen molar-refractivity contribution >= 4 is 12.0 Å². The van der Waals surface area contributed by atoms with Crippen LogP contribution in [0, 0.1) is 17.3 Å². The molecular formula is C30H38N2O4. The van der Waals surface area contributed by atoms with Gasteiger partial charge < -0.3 is 19.6 Å². The Morgan fingerprint density at radius 2 is 1.72 bits per heavy atom. The minimum atomic E-state index is -0.994. The summed E-state index contributed by atoms with van der Waals surface area (Å²) < 4.78 is 6.10. The van der Waals surface area contributed by atoms with Crippen LogP contribution in [0.1, 0.15) is 70.2 Å². The number of benzene rings is 2.